The minimum Gasteiger partial charge on any atom is -0.324 e. The van der Waals surface area contributed by atoms with Crippen molar-refractivity contribution in [3.05, 3.63) is 63.2 Å². The van der Waals surface area contributed by atoms with E-state index in [4.69, 9.17) is 0 Å². The van der Waals surface area contributed by atoms with Gasteiger partial charge in [-0.25, -0.2) is 8.42 Å². The van der Waals surface area contributed by atoms with Crippen LogP contribution >= 0.6 is 0 Å². The fourth-order valence-corrected chi connectivity index (χ4v) is 3.64. The molecule has 0 aromatic heterocycles. The van der Waals surface area contributed by atoms with Crippen LogP contribution in [0.25, 0.3) is 0 Å². The van der Waals surface area contributed by atoms with Gasteiger partial charge in [0.05, 0.1) is 22.4 Å². The molecule has 9 heteroatoms. The summed E-state index contributed by atoms with van der Waals surface area (Å²) in [7, 11) is -3.84. The predicted molar refractivity (Wildman–Crippen MR) is 105 cm³/mol. The van der Waals surface area contributed by atoms with Gasteiger partial charge in [-0.15, -0.1) is 0 Å². The molecular formula is C18H21N3O5S. The van der Waals surface area contributed by atoms with E-state index >= 15 is 0 Å². The van der Waals surface area contributed by atoms with Gasteiger partial charge in [0.15, 0.2) is 0 Å². The minimum absolute atomic E-state index is 0.0995. The van der Waals surface area contributed by atoms with Gasteiger partial charge >= 0.3 is 0 Å². The Morgan fingerprint density at radius 1 is 1.19 bits per heavy atom. The van der Waals surface area contributed by atoms with Crippen LogP contribution in [0.2, 0.25) is 0 Å². The number of nitro benzene ring substituents is 1. The predicted octanol–water partition coefficient (Wildman–Crippen LogP) is 2.92. The minimum atomic E-state index is -3.84. The summed E-state index contributed by atoms with van der Waals surface area (Å²) in [5.74, 6) is -0.543. The molecule has 2 aromatic carbocycles. The Kier molecular flexibility index (Phi) is 5.85. The van der Waals surface area contributed by atoms with Crippen LogP contribution in [0.3, 0.4) is 0 Å². The molecule has 0 saturated carbocycles. The molecule has 0 saturated heterocycles. The van der Waals surface area contributed by atoms with Gasteiger partial charge in [-0.05, 0) is 38.5 Å². The molecule has 2 rings (SSSR count). The van der Waals surface area contributed by atoms with Crippen molar-refractivity contribution < 1.29 is 18.1 Å². The topological polar surface area (TPSA) is 110 Å². The smallest absolute Gasteiger partial charge is 0.274 e. The fraction of sp³-hybridized carbons (Fsp3) is 0.278. The number of nitrogens with one attached hydrogen (secondary N) is 1. The van der Waals surface area contributed by atoms with Crippen LogP contribution in [-0.4, -0.2) is 32.0 Å². The van der Waals surface area contributed by atoms with E-state index < -0.39 is 27.4 Å². The van der Waals surface area contributed by atoms with Crippen molar-refractivity contribution in [2.45, 2.75) is 20.8 Å². The summed E-state index contributed by atoms with van der Waals surface area (Å²) < 4.78 is 25.4. The second-order valence-corrected chi connectivity index (χ2v) is 8.22. The van der Waals surface area contributed by atoms with Gasteiger partial charge in [0.1, 0.15) is 6.54 Å². The van der Waals surface area contributed by atoms with E-state index in [9.17, 15) is 23.3 Å². The molecule has 0 atom stereocenters. The molecule has 0 spiro atoms. The van der Waals surface area contributed by atoms with Crippen LogP contribution < -0.4 is 9.62 Å². The van der Waals surface area contributed by atoms with Gasteiger partial charge in [-0.1, -0.05) is 23.8 Å². The first-order valence-electron chi connectivity index (χ1n) is 8.09. The lowest BCUT2D eigenvalue weighted by Crippen LogP contribution is -2.38. The fourth-order valence-electron chi connectivity index (χ4n) is 2.73. The number of hydrogen-bond donors (Lipinski definition) is 1. The molecule has 0 aliphatic rings. The van der Waals surface area contributed by atoms with Gasteiger partial charge in [0, 0.05) is 11.8 Å². The number of nitrogens with zero attached hydrogens (tertiary/aromatic N) is 2. The Morgan fingerprint density at radius 2 is 1.85 bits per heavy atom. The summed E-state index contributed by atoms with van der Waals surface area (Å²) in [6.45, 7) is 4.72. The number of carbonyl (C=O) groups excluding carboxylic acids is 1. The highest BCUT2D eigenvalue weighted by atomic mass is 32.2. The summed E-state index contributed by atoms with van der Waals surface area (Å²) in [4.78, 5) is 23.0. The first-order chi connectivity index (χ1) is 12.5. The number of carbonyl (C=O) groups is 1. The van der Waals surface area contributed by atoms with Crippen molar-refractivity contribution in [3.8, 4) is 0 Å². The van der Waals surface area contributed by atoms with E-state index in [1.54, 1.807) is 6.07 Å². The van der Waals surface area contributed by atoms with E-state index in [-0.39, 0.29) is 16.9 Å². The molecule has 0 unspecified atom stereocenters. The van der Waals surface area contributed by atoms with Crippen LogP contribution in [-0.2, 0) is 14.8 Å². The van der Waals surface area contributed by atoms with Crippen molar-refractivity contribution in [2.24, 2.45) is 0 Å². The lowest BCUT2D eigenvalue weighted by atomic mass is 10.1. The maximum Gasteiger partial charge on any atom is 0.274 e. The van der Waals surface area contributed by atoms with Gasteiger partial charge in [-0.3, -0.25) is 19.2 Å². The molecule has 1 N–H and O–H groups in total. The zero-order chi connectivity index (χ0) is 20.4. The quantitative estimate of drug-likeness (QED) is 0.601. The molecule has 0 aliphatic carbocycles. The second kappa shape index (κ2) is 7.75. The Morgan fingerprint density at radius 3 is 2.41 bits per heavy atom. The summed E-state index contributed by atoms with van der Waals surface area (Å²) in [6, 6.07) is 9.59. The highest BCUT2D eigenvalue weighted by molar-refractivity contribution is 7.92. The molecule has 0 aliphatic heterocycles. The van der Waals surface area contributed by atoms with E-state index in [2.05, 4.69) is 5.32 Å². The van der Waals surface area contributed by atoms with E-state index in [0.29, 0.717) is 5.69 Å². The van der Waals surface area contributed by atoms with E-state index in [0.717, 1.165) is 21.7 Å². The third-order valence-corrected chi connectivity index (χ3v) is 5.21. The Balaban J connectivity index is 2.35. The number of amides is 1. The summed E-state index contributed by atoms with van der Waals surface area (Å²) in [6.07, 6.45) is 0.954. The maximum absolute atomic E-state index is 12.5. The highest BCUT2D eigenvalue weighted by Gasteiger charge is 2.25. The van der Waals surface area contributed by atoms with Crippen molar-refractivity contribution in [2.75, 3.05) is 22.4 Å². The average Bonchev–Trinajstić information content (AvgIpc) is 2.54. The lowest BCUT2D eigenvalue weighted by molar-refractivity contribution is -0.385. The Hall–Kier alpha value is -2.94. The standard InChI is InChI=1S/C18H21N3O5S/c1-12-8-9-15(13(2)10-12)19-18(22)11-20(27(4,25)26)16-6-5-7-17(14(16)3)21(23)24/h5-10H,11H2,1-4H3,(H,19,22). The molecular weight excluding hydrogens is 370 g/mol. The molecule has 144 valence electrons. The molecule has 0 heterocycles. The molecule has 1 amide bonds. The zero-order valence-corrected chi connectivity index (χ0v) is 16.3. The van der Waals surface area contributed by atoms with Gasteiger partial charge in [-0.2, -0.15) is 0 Å². The van der Waals surface area contributed by atoms with Gasteiger partial charge in [0.2, 0.25) is 15.9 Å². The SMILES string of the molecule is Cc1ccc(NC(=O)CN(c2cccc([N+](=O)[O-])c2C)S(C)(=O)=O)c(C)c1. The van der Waals surface area contributed by atoms with Crippen molar-refractivity contribution in [1.82, 2.24) is 0 Å². The van der Waals surface area contributed by atoms with E-state index in [1.165, 1.54) is 25.1 Å². The normalized spacial score (nSPS) is 11.1. The molecule has 2 aromatic rings. The third-order valence-electron chi connectivity index (χ3n) is 4.09. The summed E-state index contributed by atoms with van der Waals surface area (Å²) >= 11 is 0. The first kappa shape index (κ1) is 20.4. The summed E-state index contributed by atoms with van der Waals surface area (Å²) in [5.41, 5.74) is 2.52. The number of sulfonamides is 1. The monoisotopic (exact) mass is 391 g/mol. The number of aryl methyl sites for hydroxylation is 2. The third kappa shape index (κ3) is 4.82. The zero-order valence-electron chi connectivity index (χ0n) is 15.5. The number of anilines is 2. The largest absolute Gasteiger partial charge is 0.324 e. The average molecular weight is 391 g/mol. The highest BCUT2D eigenvalue weighted by Crippen LogP contribution is 2.29. The van der Waals surface area contributed by atoms with E-state index in [1.807, 2.05) is 26.0 Å². The van der Waals surface area contributed by atoms with Crippen LogP contribution in [0.15, 0.2) is 36.4 Å². The molecule has 0 radical (unpaired) electrons. The molecule has 0 fully saturated rings. The molecule has 0 bridgehead atoms. The number of nitro groups is 1. The summed E-state index contributed by atoms with van der Waals surface area (Å²) in [5, 5.41) is 13.8. The first-order valence-corrected chi connectivity index (χ1v) is 9.94. The number of hydrogen-bond acceptors (Lipinski definition) is 5. The van der Waals surface area contributed by atoms with Crippen molar-refractivity contribution in [3.63, 3.8) is 0 Å². The Labute approximate surface area is 158 Å². The molecule has 27 heavy (non-hydrogen) atoms. The van der Waals surface area contributed by atoms with Crippen LogP contribution in [0.4, 0.5) is 17.1 Å². The molecule has 8 nitrogen and oxygen atoms in total. The van der Waals surface area contributed by atoms with Gasteiger partial charge < -0.3 is 5.32 Å². The lowest BCUT2D eigenvalue weighted by Gasteiger charge is -2.23. The Bertz CT molecular complexity index is 1000. The van der Waals surface area contributed by atoms with Crippen molar-refractivity contribution in [1.29, 1.82) is 0 Å². The van der Waals surface area contributed by atoms with Crippen LogP contribution in [0.1, 0.15) is 16.7 Å². The maximum atomic E-state index is 12.5. The number of rotatable bonds is 6. The second-order valence-electron chi connectivity index (χ2n) is 6.31. The van der Waals surface area contributed by atoms with Crippen LogP contribution in [0, 0.1) is 30.9 Å². The van der Waals surface area contributed by atoms with Gasteiger partial charge in [0.25, 0.3) is 5.69 Å². The number of benzene rings is 2. The van der Waals surface area contributed by atoms with Crippen molar-refractivity contribution >= 4 is 33.0 Å². The van der Waals surface area contributed by atoms with Crippen LogP contribution in [0.5, 0.6) is 0 Å².